The Hall–Kier alpha value is -2.32. The van der Waals surface area contributed by atoms with E-state index in [1.807, 2.05) is 30.3 Å². The van der Waals surface area contributed by atoms with E-state index in [2.05, 4.69) is 15.3 Å². The maximum atomic E-state index is 12.5. The van der Waals surface area contributed by atoms with Gasteiger partial charge < -0.3 is 14.8 Å². The number of thioether (sulfide) groups is 1. The van der Waals surface area contributed by atoms with Gasteiger partial charge >= 0.3 is 11.9 Å². The molecular weight excluding hydrogens is 414 g/mol. The highest BCUT2D eigenvalue weighted by atomic mass is 35.5. The summed E-state index contributed by atoms with van der Waals surface area (Å²) in [6, 6.07) is 9.02. The molecule has 0 aliphatic heterocycles. The number of ether oxygens (including phenoxy) is 2. The first-order valence-electron chi connectivity index (χ1n) is 9.30. The van der Waals surface area contributed by atoms with Crippen molar-refractivity contribution in [3.8, 4) is 0 Å². The maximum Gasteiger partial charge on any atom is 0.358 e. The fourth-order valence-corrected chi connectivity index (χ4v) is 3.73. The number of hydrogen-bond acceptors (Lipinski definition) is 8. The molecule has 1 aliphatic rings. The van der Waals surface area contributed by atoms with Gasteiger partial charge in [0.1, 0.15) is 22.7 Å². The van der Waals surface area contributed by atoms with Crippen LogP contribution in [0.1, 0.15) is 42.0 Å². The van der Waals surface area contributed by atoms with Crippen molar-refractivity contribution in [2.24, 2.45) is 0 Å². The van der Waals surface area contributed by atoms with E-state index in [0.717, 1.165) is 17.7 Å². The Morgan fingerprint density at radius 1 is 1.28 bits per heavy atom. The second-order valence-corrected chi connectivity index (χ2v) is 7.90. The molecule has 9 heteroatoms. The predicted molar refractivity (Wildman–Crippen MR) is 112 cm³/mol. The lowest BCUT2D eigenvalue weighted by atomic mass is 10.3. The van der Waals surface area contributed by atoms with E-state index in [-0.39, 0.29) is 29.1 Å². The fourth-order valence-electron chi connectivity index (χ4n) is 2.59. The Kier molecular flexibility index (Phi) is 7.33. The molecule has 0 unspecified atom stereocenters. The van der Waals surface area contributed by atoms with Gasteiger partial charge in [0.2, 0.25) is 0 Å². The van der Waals surface area contributed by atoms with Crippen LogP contribution in [0.3, 0.4) is 0 Å². The Morgan fingerprint density at radius 2 is 2.00 bits per heavy atom. The summed E-state index contributed by atoms with van der Waals surface area (Å²) in [5.74, 6) is 0.282. The quantitative estimate of drug-likeness (QED) is 0.468. The first kappa shape index (κ1) is 21.4. The number of rotatable bonds is 9. The van der Waals surface area contributed by atoms with E-state index < -0.39 is 18.0 Å². The topological polar surface area (TPSA) is 90.4 Å². The summed E-state index contributed by atoms with van der Waals surface area (Å²) in [5.41, 5.74) is -0.00751. The largest absolute Gasteiger partial charge is 0.464 e. The number of methoxy groups -OCH3 is 1. The summed E-state index contributed by atoms with van der Waals surface area (Å²) in [4.78, 5) is 34.4. The molecule has 1 saturated carbocycles. The van der Waals surface area contributed by atoms with Crippen molar-refractivity contribution in [2.45, 2.75) is 36.6 Å². The van der Waals surface area contributed by atoms with Crippen molar-refractivity contribution >= 4 is 41.1 Å². The van der Waals surface area contributed by atoms with E-state index >= 15 is 0 Å². The molecule has 0 bridgehead atoms. The van der Waals surface area contributed by atoms with Gasteiger partial charge in [-0.15, -0.1) is 11.8 Å². The van der Waals surface area contributed by atoms with Gasteiger partial charge in [0.05, 0.1) is 13.7 Å². The van der Waals surface area contributed by atoms with Gasteiger partial charge in [-0.05, 0) is 31.9 Å². The van der Waals surface area contributed by atoms with Crippen molar-refractivity contribution < 1.29 is 19.1 Å². The molecule has 1 aromatic heterocycles. The summed E-state index contributed by atoms with van der Waals surface area (Å²) in [6.07, 6.45) is 1.90. The van der Waals surface area contributed by atoms with Gasteiger partial charge in [0.25, 0.3) is 0 Å². The number of anilines is 1. The minimum atomic E-state index is -0.704. The van der Waals surface area contributed by atoms with Crippen molar-refractivity contribution in [1.29, 1.82) is 0 Å². The summed E-state index contributed by atoms with van der Waals surface area (Å²) in [7, 11) is 1.27. The van der Waals surface area contributed by atoms with Crippen LogP contribution in [0.2, 0.25) is 5.02 Å². The predicted octanol–water partition coefficient (Wildman–Crippen LogP) is 3.93. The molecular formula is C20H22ClN3O4S. The van der Waals surface area contributed by atoms with Gasteiger partial charge in [0, 0.05) is 16.6 Å². The van der Waals surface area contributed by atoms with Crippen LogP contribution in [0.4, 0.5) is 5.82 Å². The van der Waals surface area contributed by atoms with Crippen LogP contribution in [-0.4, -0.2) is 47.4 Å². The first-order chi connectivity index (χ1) is 14.0. The van der Waals surface area contributed by atoms with Gasteiger partial charge in [0.15, 0.2) is 5.69 Å². The zero-order valence-electron chi connectivity index (χ0n) is 16.2. The highest BCUT2D eigenvalue weighted by molar-refractivity contribution is 7.99. The molecule has 0 saturated heterocycles. The molecule has 0 amide bonds. The van der Waals surface area contributed by atoms with Crippen LogP contribution in [-0.2, 0) is 14.3 Å². The Balaban J connectivity index is 1.86. The van der Waals surface area contributed by atoms with Crippen LogP contribution in [0, 0.1) is 0 Å². The number of benzene rings is 1. The van der Waals surface area contributed by atoms with Gasteiger partial charge in [-0.3, -0.25) is 0 Å². The molecule has 1 heterocycles. The van der Waals surface area contributed by atoms with Gasteiger partial charge in [-0.2, -0.15) is 0 Å². The fraction of sp³-hybridized carbons (Fsp3) is 0.400. The number of aromatic nitrogens is 2. The normalized spacial score (nSPS) is 14.2. The van der Waals surface area contributed by atoms with E-state index in [9.17, 15) is 9.59 Å². The zero-order chi connectivity index (χ0) is 20.8. The third-order valence-corrected chi connectivity index (χ3v) is 5.70. The molecule has 154 valence electrons. The highest BCUT2D eigenvalue weighted by Crippen LogP contribution is 2.40. The van der Waals surface area contributed by atoms with Crippen LogP contribution >= 0.6 is 23.4 Å². The Morgan fingerprint density at radius 3 is 2.62 bits per heavy atom. The van der Waals surface area contributed by atoms with E-state index in [1.54, 1.807) is 6.92 Å². The smallest absolute Gasteiger partial charge is 0.358 e. The van der Waals surface area contributed by atoms with Crippen molar-refractivity contribution in [1.82, 2.24) is 9.97 Å². The highest BCUT2D eigenvalue weighted by Gasteiger charge is 2.31. The summed E-state index contributed by atoms with van der Waals surface area (Å²) < 4.78 is 9.99. The van der Waals surface area contributed by atoms with E-state index in [0.29, 0.717) is 11.6 Å². The number of carbonyl (C=O) groups is 2. The number of halogens is 1. The third-order valence-electron chi connectivity index (χ3n) is 4.23. The number of esters is 2. The average Bonchev–Trinajstić information content (AvgIpc) is 3.58. The third kappa shape index (κ3) is 5.61. The monoisotopic (exact) mass is 435 g/mol. The number of carbonyl (C=O) groups excluding carboxylic acids is 2. The second kappa shape index (κ2) is 9.93. The van der Waals surface area contributed by atoms with Crippen LogP contribution < -0.4 is 5.32 Å². The lowest BCUT2D eigenvalue weighted by molar-refractivity contribution is -0.143. The molecule has 29 heavy (non-hydrogen) atoms. The van der Waals surface area contributed by atoms with E-state index in [1.165, 1.54) is 18.9 Å². The second-order valence-electron chi connectivity index (χ2n) is 6.43. The average molecular weight is 436 g/mol. The van der Waals surface area contributed by atoms with Crippen molar-refractivity contribution in [3.63, 3.8) is 0 Å². The number of nitrogens with one attached hydrogen (secondary N) is 1. The van der Waals surface area contributed by atoms with Crippen molar-refractivity contribution in [2.75, 3.05) is 24.8 Å². The van der Waals surface area contributed by atoms with Crippen LogP contribution in [0.25, 0.3) is 0 Å². The molecule has 0 radical (unpaired) electrons. The van der Waals surface area contributed by atoms with Crippen LogP contribution in [0.15, 0.2) is 35.2 Å². The molecule has 1 N–H and O–H groups in total. The molecule has 2 aromatic rings. The number of nitrogens with zero attached hydrogens (tertiary/aromatic N) is 2. The standard InChI is InChI=1S/C20H22ClN3O4S/c1-3-28-19(25)14(11-29-13-7-5-4-6-8-13)22-18-15(21)16(20(26)27-2)23-17(24-18)12-9-10-12/h4-8,12,14H,3,9-11H2,1-2H3,(H,22,23,24)/t14-/m0/s1. The molecule has 3 rings (SSSR count). The lowest BCUT2D eigenvalue weighted by Crippen LogP contribution is -2.34. The van der Waals surface area contributed by atoms with Crippen LogP contribution in [0.5, 0.6) is 0 Å². The maximum absolute atomic E-state index is 12.5. The summed E-state index contributed by atoms with van der Waals surface area (Å²) in [5, 5.41) is 3.09. The Labute approximate surface area is 178 Å². The molecule has 1 fully saturated rings. The summed E-state index contributed by atoms with van der Waals surface area (Å²) in [6.45, 7) is 2.00. The minimum absolute atomic E-state index is 0.00751. The Bertz CT molecular complexity index is 878. The van der Waals surface area contributed by atoms with Gasteiger partial charge in [-0.25, -0.2) is 19.6 Å². The van der Waals surface area contributed by atoms with Crippen molar-refractivity contribution in [3.05, 3.63) is 46.9 Å². The van der Waals surface area contributed by atoms with Gasteiger partial charge in [-0.1, -0.05) is 29.8 Å². The lowest BCUT2D eigenvalue weighted by Gasteiger charge is -2.19. The molecule has 0 spiro atoms. The van der Waals surface area contributed by atoms with E-state index in [4.69, 9.17) is 21.1 Å². The molecule has 1 aliphatic carbocycles. The molecule has 7 nitrogen and oxygen atoms in total. The minimum Gasteiger partial charge on any atom is -0.464 e. The first-order valence-corrected chi connectivity index (χ1v) is 10.7. The number of hydrogen-bond donors (Lipinski definition) is 1. The SMILES string of the molecule is CCOC(=O)[C@H](CSc1ccccc1)Nc1nc(C2CC2)nc(C(=O)OC)c1Cl. The molecule has 1 atom stereocenters. The molecule has 1 aromatic carbocycles. The summed E-state index contributed by atoms with van der Waals surface area (Å²) >= 11 is 7.88. The zero-order valence-corrected chi connectivity index (χ0v) is 17.8.